The van der Waals surface area contributed by atoms with Crippen molar-refractivity contribution in [2.75, 3.05) is 7.11 Å². The van der Waals surface area contributed by atoms with Crippen molar-refractivity contribution in [1.82, 2.24) is 0 Å². The van der Waals surface area contributed by atoms with E-state index < -0.39 is 17.3 Å². The topological polar surface area (TPSA) is 87.0 Å². The Kier molecular flexibility index (Phi) is 4.13. The molecule has 0 radical (unpaired) electrons. The van der Waals surface area contributed by atoms with Crippen LogP contribution in [0.4, 0.5) is 0 Å². The minimum Gasteiger partial charge on any atom is -0.508 e. The molecule has 0 aliphatic carbocycles. The average molecular weight is 286 g/mol. The number of aromatic hydroxyl groups is 3. The van der Waals surface area contributed by atoms with E-state index in [9.17, 15) is 20.1 Å². The summed E-state index contributed by atoms with van der Waals surface area (Å²) < 4.78 is 5.03. The van der Waals surface area contributed by atoms with E-state index in [1.54, 1.807) is 37.5 Å². The summed E-state index contributed by atoms with van der Waals surface area (Å²) >= 11 is 0. The van der Waals surface area contributed by atoms with Gasteiger partial charge in [-0.05, 0) is 23.8 Å². The van der Waals surface area contributed by atoms with E-state index in [4.69, 9.17) is 4.74 Å². The Morgan fingerprint density at radius 2 is 1.62 bits per heavy atom. The van der Waals surface area contributed by atoms with Crippen LogP contribution in [0.25, 0.3) is 6.08 Å². The Morgan fingerprint density at radius 1 is 1.05 bits per heavy atom. The zero-order valence-corrected chi connectivity index (χ0v) is 11.3. The van der Waals surface area contributed by atoms with Crippen molar-refractivity contribution in [2.24, 2.45) is 0 Å². The summed E-state index contributed by atoms with van der Waals surface area (Å²) in [5, 5.41) is 28.4. The molecule has 0 aliphatic heterocycles. The molecular formula is C16H14O5. The summed E-state index contributed by atoms with van der Waals surface area (Å²) in [6.07, 6.45) is 2.78. The highest BCUT2D eigenvalue weighted by Gasteiger charge is 2.15. The quantitative estimate of drug-likeness (QED) is 0.594. The third-order valence-corrected chi connectivity index (χ3v) is 2.87. The van der Waals surface area contributed by atoms with Crippen molar-refractivity contribution in [3.8, 4) is 23.0 Å². The van der Waals surface area contributed by atoms with E-state index in [-0.39, 0.29) is 11.3 Å². The number of phenols is 3. The van der Waals surface area contributed by atoms with E-state index in [0.717, 1.165) is 17.7 Å². The van der Waals surface area contributed by atoms with Crippen LogP contribution in [-0.2, 0) is 0 Å². The fraction of sp³-hybridized carbons (Fsp3) is 0.0625. The van der Waals surface area contributed by atoms with Crippen LogP contribution in [0.2, 0.25) is 0 Å². The third kappa shape index (κ3) is 3.33. The molecule has 0 spiro atoms. The number of hydrogen-bond acceptors (Lipinski definition) is 5. The van der Waals surface area contributed by atoms with Crippen molar-refractivity contribution in [2.45, 2.75) is 0 Å². The monoisotopic (exact) mass is 286 g/mol. The molecule has 2 aromatic rings. The van der Waals surface area contributed by atoms with Crippen LogP contribution in [-0.4, -0.2) is 28.2 Å². The molecule has 3 N–H and O–H groups in total. The lowest BCUT2D eigenvalue weighted by Crippen LogP contribution is -1.95. The molecule has 0 saturated carbocycles. The number of rotatable bonds is 4. The molecule has 0 heterocycles. The van der Waals surface area contributed by atoms with Gasteiger partial charge in [-0.15, -0.1) is 0 Å². The second-order valence-electron chi connectivity index (χ2n) is 4.33. The SMILES string of the molecule is COc1ccc(/C=C/C(=O)c2c(O)cc(O)cc2O)cc1. The second kappa shape index (κ2) is 6.00. The van der Waals surface area contributed by atoms with Gasteiger partial charge in [-0.25, -0.2) is 0 Å². The van der Waals surface area contributed by atoms with Crippen LogP contribution < -0.4 is 4.74 Å². The normalized spacial score (nSPS) is 10.7. The van der Waals surface area contributed by atoms with Crippen molar-refractivity contribution >= 4 is 11.9 Å². The Bertz CT molecular complexity index is 663. The van der Waals surface area contributed by atoms with E-state index in [1.165, 1.54) is 6.08 Å². The largest absolute Gasteiger partial charge is 0.508 e. The minimum atomic E-state index is -0.569. The van der Waals surface area contributed by atoms with Gasteiger partial charge in [0.2, 0.25) is 0 Å². The number of carbonyl (C=O) groups is 1. The molecule has 108 valence electrons. The molecule has 2 aromatic carbocycles. The number of benzene rings is 2. The summed E-state index contributed by atoms with van der Waals surface area (Å²) in [4.78, 5) is 12.0. The zero-order valence-electron chi connectivity index (χ0n) is 11.3. The van der Waals surface area contributed by atoms with Crippen LogP contribution >= 0.6 is 0 Å². The van der Waals surface area contributed by atoms with E-state index >= 15 is 0 Å². The van der Waals surface area contributed by atoms with Crippen LogP contribution in [0, 0.1) is 0 Å². The maximum absolute atomic E-state index is 12.0. The first kappa shape index (κ1) is 14.5. The first-order chi connectivity index (χ1) is 10.0. The lowest BCUT2D eigenvalue weighted by atomic mass is 10.1. The summed E-state index contributed by atoms with van der Waals surface area (Å²) in [5.74, 6) is -1.14. The van der Waals surface area contributed by atoms with Crippen molar-refractivity contribution < 1.29 is 24.9 Å². The predicted octanol–water partition coefficient (Wildman–Crippen LogP) is 2.71. The lowest BCUT2D eigenvalue weighted by molar-refractivity contribution is 0.104. The summed E-state index contributed by atoms with van der Waals surface area (Å²) in [5.41, 5.74) is 0.513. The molecule has 5 heteroatoms. The number of phenolic OH excluding ortho intramolecular Hbond substituents is 3. The molecule has 0 amide bonds. The Hall–Kier alpha value is -2.95. The van der Waals surface area contributed by atoms with Crippen LogP contribution in [0.5, 0.6) is 23.0 Å². The van der Waals surface area contributed by atoms with Crippen molar-refractivity contribution in [1.29, 1.82) is 0 Å². The summed E-state index contributed by atoms with van der Waals surface area (Å²) in [7, 11) is 1.56. The Balaban J connectivity index is 2.23. The van der Waals surface area contributed by atoms with Gasteiger partial charge in [-0.2, -0.15) is 0 Å². The molecule has 0 bridgehead atoms. The highest BCUT2D eigenvalue weighted by molar-refractivity contribution is 6.10. The highest BCUT2D eigenvalue weighted by Crippen LogP contribution is 2.32. The van der Waals surface area contributed by atoms with Crippen molar-refractivity contribution in [3.05, 3.63) is 53.6 Å². The molecule has 21 heavy (non-hydrogen) atoms. The van der Waals surface area contributed by atoms with Crippen molar-refractivity contribution in [3.63, 3.8) is 0 Å². The van der Waals surface area contributed by atoms with Crippen LogP contribution in [0.15, 0.2) is 42.5 Å². The molecular weight excluding hydrogens is 272 g/mol. The number of ether oxygens (including phenoxy) is 1. The van der Waals surface area contributed by atoms with Gasteiger partial charge in [0.25, 0.3) is 0 Å². The number of methoxy groups -OCH3 is 1. The van der Waals surface area contributed by atoms with Gasteiger partial charge in [-0.3, -0.25) is 4.79 Å². The predicted molar refractivity (Wildman–Crippen MR) is 77.8 cm³/mol. The minimum absolute atomic E-state index is 0.252. The van der Waals surface area contributed by atoms with Gasteiger partial charge in [-0.1, -0.05) is 18.2 Å². The molecule has 0 unspecified atom stereocenters. The van der Waals surface area contributed by atoms with Gasteiger partial charge in [0.1, 0.15) is 28.6 Å². The van der Waals surface area contributed by atoms with Gasteiger partial charge in [0, 0.05) is 12.1 Å². The fourth-order valence-electron chi connectivity index (χ4n) is 1.82. The van der Waals surface area contributed by atoms with Gasteiger partial charge >= 0.3 is 0 Å². The number of carbonyl (C=O) groups excluding carboxylic acids is 1. The molecule has 0 atom stereocenters. The zero-order chi connectivity index (χ0) is 15.4. The molecule has 2 rings (SSSR count). The molecule has 0 aromatic heterocycles. The third-order valence-electron chi connectivity index (χ3n) is 2.87. The fourth-order valence-corrected chi connectivity index (χ4v) is 1.82. The molecule has 0 aliphatic rings. The Morgan fingerprint density at radius 3 is 2.14 bits per heavy atom. The highest BCUT2D eigenvalue weighted by atomic mass is 16.5. The second-order valence-corrected chi connectivity index (χ2v) is 4.33. The first-order valence-electron chi connectivity index (χ1n) is 6.12. The average Bonchev–Trinajstić information content (AvgIpc) is 2.44. The Labute approximate surface area is 121 Å². The molecule has 0 fully saturated rings. The van der Waals surface area contributed by atoms with Gasteiger partial charge < -0.3 is 20.1 Å². The maximum Gasteiger partial charge on any atom is 0.193 e. The number of ketones is 1. The molecule has 0 saturated heterocycles. The smallest absolute Gasteiger partial charge is 0.193 e. The standard InChI is InChI=1S/C16H14O5/c1-21-12-5-2-10(3-6-12)4-7-13(18)16-14(19)8-11(17)9-15(16)20/h2-9,17,19-20H,1H3/b7-4+. The van der Waals surface area contributed by atoms with E-state index in [2.05, 4.69) is 0 Å². The van der Waals surface area contributed by atoms with Gasteiger partial charge in [0.05, 0.1) is 7.11 Å². The van der Waals surface area contributed by atoms with E-state index in [1.807, 2.05) is 0 Å². The number of allylic oxidation sites excluding steroid dienone is 1. The number of hydrogen-bond donors (Lipinski definition) is 3. The van der Waals surface area contributed by atoms with Crippen LogP contribution in [0.1, 0.15) is 15.9 Å². The maximum atomic E-state index is 12.0. The first-order valence-corrected chi connectivity index (χ1v) is 6.12. The lowest BCUT2D eigenvalue weighted by Gasteiger charge is -2.04. The van der Waals surface area contributed by atoms with E-state index in [0.29, 0.717) is 5.75 Å². The molecule has 5 nitrogen and oxygen atoms in total. The van der Waals surface area contributed by atoms with Crippen LogP contribution in [0.3, 0.4) is 0 Å². The summed E-state index contributed by atoms with van der Waals surface area (Å²) in [6, 6.07) is 9.01. The van der Waals surface area contributed by atoms with Gasteiger partial charge in [0.15, 0.2) is 5.78 Å². The summed E-state index contributed by atoms with van der Waals surface area (Å²) in [6.45, 7) is 0.